The summed E-state index contributed by atoms with van der Waals surface area (Å²) in [5.41, 5.74) is -0.306. The summed E-state index contributed by atoms with van der Waals surface area (Å²) in [5, 5.41) is 2.79. The van der Waals surface area contributed by atoms with E-state index in [0.29, 0.717) is 37.2 Å². The van der Waals surface area contributed by atoms with Crippen molar-refractivity contribution in [2.24, 2.45) is 5.41 Å². The standard InChI is InChI=1S/C20H27N3O4/c1-3-22-11-13-23(14-12-22)19(26)20(9-10-20)18(25)21-16-8-6-5-7-15(16)17(24)27-4-2/h5-8H,3-4,9-14H2,1-2H3,(H,21,25). The number of hydrogen-bond acceptors (Lipinski definition) is 5. The molecule has 0 bridgehead atoms. The second-order valence-electron chi connectivity index (χ2n) is 7.03. The third kappa shape index (κ3) is 3.98. The van der Waals surface area contributed by atoms with Gasteiger partial charge in [0.2, 0.25) is 11.8 Å². The van der Waals surface area contributed by atoms with Crippen molar-refractivity contribution in [1.29, 1.82) is 0 Å². The van der Waals surface area contributed by atoms with Crippen molar-refractivity contribution in [2.45, 2.75) is 26.7 Å². The third-order valence-corrected chi connectivity index (χ3v) is 5.37. The number of benzene rings is 1. The van der Waals surface area contributed by atoms with Crippen molar-refractivity contribution >= 4 is 23.5 Å². The van der Waals surface area contributed by atoms with Gasteiger partial charge in [-0.25, -0.2) is 4.79 Å². The Hall–Kier alpha value is -2.41. The van der Waals surface area contributed by atoms with Crippen LogP contribution >= 0.6 is 0 Å². The van der Waals surface area contributed by atoms with Crippen LogP contribution in [-0.4, -0.2) is 66.9 Å². The summed E-state index contributed by atoms with van der Waals surface area (Å²) in [7, 11) is 0. The molecule has 0 spiro atoms. The molecule has 1 N–H and O–H groups in total. The molecule has 7 heteroatoms. The summed E-state index contributed by atoms with van der Waals surface area (Å²) in [6.07, 6.45) is 1.10. The molecule has 2 aliphatic rings. The lowest BCUT2D eigenvalue weighted by Crippen LogP contribution is -2.52. The number of para-hydroxylation sites is 1. The molecule has 0 atom stereocenters. The predicted molar refractivity (Wildman–Crippen MR) is 101 cm³/mol. The molecule has 1 heterocycles. The van der Waals surface area contributed by atoms with Crippen molar-refractivity contribution in [3.8, 4) is 0 Å². The molecular formula is C20H27N3O4. The molecule has 1 aromatic carbocycles. The van der Waals surface area contributed by atoms with Crippen molar-refractivity contribution in [3.63, 3.8) is 0 Å². The SMILES string of the molecule is CCOC(=O)c1ccccc1NC(=O)C1(C(=O)N2CCN(CC)CC2)CC1. The van der Waals surface area contributed by atoms with Gasteiger partial charge in [0.15, 0.2) is 0 Å². The number of carbonyl (C=O) groups excluding carboxylic acids is 3. The minimum absolute atomic E-state index is 0.0932. The first-order valence-electron chi connectivity index (χ1n) is 9.61. The summed E-state index contributed by atoms with van der Waals surface area (Å²) in [6.45, 7) is 8.05. The lowest BCUT2D eigenvalue weighted by atomic mass is 10.0. The minimum atomic E-state index is -0.990. The van der Waals surface area contributed by atoms with Crippen LogP contribution in [0.2, 0.25) is 0 Å². The number of anilines is 1. The van der Waals surface area contributed by atoms with E-state index in [1.165, 1.54) is 0 Å². The molecule has 2 amide bonds. The second-order valence-corrected chi connectivity index (χ2v) is 7.03. The fourth-order valence-corrected chi connectivity index (χ4v) is 3.45. The highest BCUT2D eigenvalue weighted by atomic mass is 16.5. The van der Waals surface area contributed by atoms with Gasteiger partial charge >= 0.3 is 5.97 Å². The Balaban J connectivity index is 1.69. The molecule has 7 nitrogen and oxygen atoms in total. The zero-order chi connectivity index (χ0) is 19.4. The molecule has 1 aromatic rings. The number of nitrogens with one attached hydrogen (secondary N) is 1. The maximum absolute atomic E-state index is 13.0. The number of nitrogens with zero attached hydrogens (tertiary/aromatic N) is 2. The lowest BCUT2D eigenvalue weighted by molar-refractivity contribution is -0.143. The summed E-state index contributed by atoms with van der Waals surface area (Å²) < 4.78 is 5.04. The molecule has 0 aromatic heterocycles. The van der Waals surface area contributed by atoms with Crippen LogP contribution < -0.4 is 5.32 Å². The molecule has 1 saturated carbocycles. The monoisotopic (exact) mass is 373 g/mol. The van der Waals surface area contributed by atoms with Crippen LogP contribution in [0.4, 0.5) is 5.69 Å². The van der Waals surface area contributed by atoms with E-state index in [-0.39, 0.29) is 18.4 Å². The number of ether oxygens (including phenoxy) is 1. The van der Waals surface area contributed by atoms with E-state index in [0.717, 1.165) is 19.6 Å². The smallest absolute Gasteiger partial charge is 0.340 e. The van der Waals surface area contributed by atoms with Gasteiger partial charge in [-0.2, -0.15) is 0 Å². The number of rotatable bonds is 6. The van der Waals surface area contributed by atoms with Gasteiger partial charge < -0.3 is 19.9 Å². The van der Waals surface area contributed by atoms with Gasteiger partial charge in [0.05, 0.1) is 17.9 Å². The highest BCUT2D eigenvalue weighted by molar-refractivity contribution is 6.14. The Morgan fingerprint density at radius 1 is 1.07 bits per heavy atom. The minimum Gasteiger partial charge on any atom is -0.462 e. The Bertz CT molecular complexity index is 722. The van der Waals surface area contributed by atoms with E-state index < -0.39 is 11.4 Å². The molecule has 1 saturated heterocycles. The highest BCUT2D eigenvalue weighted by Gasteiger charge is 2.58. The number of carbonyl (C=O) groups is 3. The van der Waals surface area contributed by atoms with Gasteiger partial charge in [0.25, 0.3) is 0 Å². The van der Waals surface area contributed by atoms with E-state index in [1.807, 2.05) is 0 Å². The Morgan fingerprint density at radius 2 is 1.74 bits per heavy atom. The molecule has 2 fully saturated rings. The topological polar surface area (TPSA) is 78.9 Å². The largest absolute Gasteiger partial charge is 0.462 e. The van der Waals surface area contributed by atoms with Gasteiger partial charge in [0, 0.05) is 26.2 Å². The van der Waals surface area contributed by atoms with Crippen LogP contribution in [0, 0.1) is 5.41 Å². The van der Waals surface area contributed by atoms with Crippen LogP contribution in [0.15, 0.2) is 24.3 Å². The number of esters is 1. The fraction of sp³-hybridized carbons (Fsp3) is 0.550. The van der Waals surface area contributed by atoms with Gasteiger partial charge in [-0.3, -0.25) is 9.59 Å². The summed E-state index contributed by atoms with van der Waals surface area (Å²) in [4.78, 5) is 42.1. The Morgan fingerprint density at radius 3 is 2.33 bits per heavy atom. The molecule has 27 heavy (non-hydrogen) atoms. The number of likely N-dealkylation sites (N-methyl/N-ethyl adjacent to an activating group) is 1. The van der Waals surface area contributed by atoms with Crippen molar-refractivity contribution < 1.29 is 19.1 Å². The van der Waals surface area contributed by atoms with E-state index >= 15 is 0 Å². The van der Waals surface area contributed by atoms with Crippen LogP contribution in [-0.2, 0) is 14.3 Å². The fourth-order valence-electron chi connectivity index (χ4n) is 3.45. The lowest BCUT2D eigenvalue weighted by Gasteiger charge is -2.35. The number of amides is 2. The van der Waals surface area contributed by atoms with Gasteiger partial charge in [-0.15, -0.1) is 0 Å². The van der Waals surface area contributed by atoms with Crippen LogP contribution in [0.5, 0.6) is 0 Å². The summed E-state index contributed by atoms with van der Waals surface area (Å²) in [6, 6.07) is 6.72. The maximum atomic E-state index is 13.0. The van der Waals surface area contributed by atoms with E-state index in [9.17, 15) is 14.4 Å². The van der Waals surface area contributed by atoms with Crippen molar-refractivity contribution in [1.82, 2.24) is 9.80 Å². The average Bonchev–Trinajstić information content (AvgIpc) is 3.50. The first-order valence-corrected chi connectivity index (χ1v) is 9.61. The normalized spacial score (nSPS) is 18.7. The molecule has 146 valence electrons. The first kappa shape index (κ1) is 19.4. The first-order chi connectivity index (χ1) is 13.0. The highest BCUT2D eigenvalue weighted by Crippen LogP contribution is 2.48. The molecule has 1 aliphatic carbocycles. The van der Waals surface area contributed by atoms with Gasteiger partial charge in [0.1, 0.15) is 5.41 Å². The number of piperazine rings is 1. The maximum Gasteiger partial charge on any atom is 0.340 e. The molecule has 1 aliphatic heterocycles. The number of hydrogen-bond donors (Lipinski definition) is 1. The quantitative estimate of drug-likeness (QED) is 0.607. The van der Waals surface area contributed by atoms with Crippen LogP contribution in [0.25, 0.3) is 0 Å². The zero-order valence-corrected chi connectivity index (χ0v) is 16.0. The molecule has 0 unspecified atom stereocenters. The van der Waals surface area contributed by atoms with Crippen LogP contribution in [0.3, 0.4) is 0 Å². The van der Waals surface area contributed by atoms with Gasteiger partial charge in [-0.05, 0) is 38.4 Å². The van der Waals surface area contributed by atoms with Gasteiger partial charge in [-0.1, -0.05) is 19.1 Å². The second kappa shape index (κ2) is 8.08. The average molecular weight is 373 g/mol. The summed E-state index contributed by atoms with van der Waals surface area (Å²) >= 11 is 0. The van der Waals surface area contributed by atoms with Crippen LogP contribution in [0.1, 0.15) is 37.0 Å². The van der Waals surface area contributed by atoms with Crippen molar-refractivity contribution in [2.75, 3.05) is 44.6 Å². The predicted octanol–water partition coefficient (Wildman–Crippen LogP) is 1.75. The molecular weight excluding hydrogens is 346 g/mol. The zero-order valence-electron chi connectivity index (χ0n) is 16.0. The molecule has 3 rings (SSSR count). The summed E-state index contributed by atoms with van der Waals surface area (Å²) in [5.74, 6) is -0.910. The van der Waals surface area contributed by atoms with Crippen molar-refractivity contribution in [3.05, 3.63) is 29.8 Å². The Kier molecular flexibility index (Phi) is 5.79. The van der Waals surface area contributed by atoms with E-state index in [4.69, 9.17) is 4.74 Å². The molecule has 0 radical (unpaired) electrons. The van der Waals surface area contributed by atoms with E-state index in [2.05, 4.69) is 17.1 Å². The van der Waals surface area contributed by atoms with E-state index in [1.54, 1.807) is 36.1 Å². The third-order valence-electron chi connectivity index (χ3n) is 5.37. The Labute approximate surface area is 159 Å².